The van der Waals surface area contributed by atoms with Crippen LogP contribution in [0.2, 0.25) is 0 Å². The normalized spacial score (nSPS) is 11.8. The topological polar surface area (TPSA) is 38.1 Å². The molecule has 3 nitrogen and oxygen atoms in total. The van der Waals surface area contributed by atoms with Crippen molar-refractivity contribution in [2.45, 2.75) is 12.7 Å². The predicted octanol–water partition coefficient (Wildman–Crippen LogP) is 3.08. The van der Waals surface area contributed by atoms with Crippen LogP contribution in [0.15, 0.2) is 34.9 Å². The molecule has 1 N–H and O–H groups in total. The van der Waals surface area contributed by atoms with Crippen LogP contribution in [0.5, 0.6) is 0 Å². The average Bonchev–Trinajstić information content (AvgIpc) is 2.77. The third-order valence-corrected chi connectivity index (χ3v) is 2.34. The summed E-state index contributed by atoms with van der Waals surface area (Å²) in [4.78, 5) is 3.95. The molecule has 0 spiro atoms. The number of benzene rings is 1. The Morgan fingerprint density at radius 3 is 2.78 bits per heavy atom. The van der Waals surface area contributed by atoms with E-state index >= 15 is 0 Å². The second-order valence-corrected chi connectivity index (χ2v) is 3.74. The fraction of sp³-hybridized carbons (Fsp3) is 0.250. The van der Waals surface area contributed by atoms with Gasteiger partial charge in [0.25, 0.3) is 0 Å². The van der Waals surface area contributed by atoms with Crippen LogP contribution in [0.1, 0.15) is 11.3 Å². The first-order chi connectivity index (χ1) is 8.50. The van der Waals surface area contributed by atoms with E-state index < -0.39 is 11.7 Å². The Bertz CT molecular complexity index is 534. The van der Waals surface area contributed by atoms with Gasteiger partial charge in [0.15, 0.2) is 0 Å². The molecule has 0 amide bonds. The molecule has 1 aromatic carbocycles. The Hall–Kier alpha value is -1.82. The molecule has 2 rings (SSSR count). The number of halogens is 3. The summed E-state index contributed by atoms with van der Waals surface area (Å²) in [6, 6.07) is 4.90. The Balaban J connectivity index is 2.32. The maximum Gasteiger partial charge on any atom is 0.416 e. The summed E-state index contributed by atoms with van der Waals surface area (Å²) in [5, 5.41) is 2.87. The van der Waals surface area contributed by atoms with E-state index in [0.29, 0.717) is 17.9 Å². The number of rotatable bonds is 3. The van der Waals surface area contributed by atoms with Gasteiger partial charge in [-0.2, -0.15) is 13.2 Å². The number of nitrogens with zero attached hydrogens (tertiary/aromatic N) is 1. The number of hydrogen-bond acceptors (Lipinski definition) is 3. The van der Waals surface area contributed by atoms with Gasteiger partial charge in [-0.3, -0.25) is 0 Å². The van der Waals surface area contributed by atoms with Gasteiger partial charge in [0.05, 0.1) is 18.3 Å². The fourth-order valence-corrected chi connectivity index (χ4v) is 1.53. The van der Waals surface area contributed by atoms with E-state index in [0.717, 1.165) is 12.1 Å². The van der Waals surface area contributed by atoms with E-state index in [4.69, 9.17) is 4.42 Å². The standard InChI is InChI=1S/C12H11F3N2O/c1-16-6-10-7-17-11(18-10)8-3-2-4-9(5-8)12(13,14)15/h2-5,7,16H,6H2,1H3. The van der Waals surface area contributed by atoms with Crippen molar-refractivity contribution in [2.24, 2.45) is 0 Å². The zero-order valence-electron chi connectivity index (χ0n) is 9.58. The summed E-state index contributed by atoms with van der Waals surface area (Å²) < 4.78 is 43.0. The molecule has 1 aromatic heterocycles. The molecular formula is C12H11F3N2O. The molecule has 0 bridgehead atoms. The summed E-state index contributed by atoms with van der Waals surface area (Å²) in [7, 11) is 1.74. The summed E-state index contributed by atoms with van der Waals surface area (Å²) in [6.45, 7) is 0.478. The van der Waals surface area contributed by atoms with Gasteiger partial charge in [0.2, 0.25) is 5.89 Å². The smallest absolute Gasteiger partial charge is 0.416 e. The molecule has 0 fully saturated rings. The molecule has 0 aliphatic rings. The summed E-state index contributed by atoms with van der Waals surface area (Å²) >= 11 is 0. The maximum absolute atomic E-state index is 12.5. The van der Waals surface area contributed by atoms with E-state index in [2.05, 4.69) is 10.3 Å². The molecule has 0 unspecified atom stereocenters. The van der Waals surface area contributed by atoms with Crippen LogP contribution in [-0.4, -0.2) is 12.0 Å². The second kappa shape index (κ2) is 4.81. The lowest BCUT2D eigenvalue weighted by molar-refractivity contribution is -0.137. The third kappa shape index (κ3) is 2.70. The van der Waals surface area contributed by atoms with Gasteiger partial charge in [-0.1, -0.05) is 6.07 Å². The third-order valence-electron chi connectivity index (χ3n) is 2.34. The maximum atomic E-state index is 12.5. The lowest BCUT2D eigenvalue weighted by atomic mass is 10.1. The number of hydrogen-bond donors (Lipinski definition) is 1. The number of aromatic nitrogens is 1. The molecule has 0 saturated carbocycles. The highest BCUT2D eigenvalue weighted by atomic mass is 19.4. The minimum absolute atomic E-state index is 0.186. The van der Waals surface area contributed by atoms with Crippen LogP contribution in [0.3, 0.4) is 0 Å². The van der Waals surface area contributed by atoms with Gasteiger partial charge in [0, 0.05) is 5.56 Å². The van der Waals surface area contributed by atoms with E-state index in [1.54, 1.807) is 7.05 Å². The largest absolute Gasteiger partial charge is 0.440 e. The van der Waals surface area contributed by atoms with Crippen LogP contribution in [0, 0.1) is 0 Å². The SMILES string of the molecule is CNCc1cnc(-c2cccc(C(F)(F)F)c2)o1. The lowest BCUT2D eigenvalue weighted by Crippen LogP contribution is -2.04. The van der Waals surface area contributed by atoms with Gasteiger partial charge >= 0.3 is 6.18 Å². The minimum atomic E-state index is -4.36. The Morgan fingerprint density at radius 2 is 2.11 bits per heavy atom. The number of alkyl halides is 3. The molecule has 0 atom stereocenters. The van der Waals surface area contributed by atoms with Crippen molar-refractivity contribution in [3.63, 3.8) is 0 Å². The van der Waals surface area contributed by atoms with Crippen molar-refractivity contribution in [2.75, 3.05) is 7.05 Å². The van der Waals surface area contributed by atoms with E-state index in [1.807, 2.05) is 0 Å². The van der Waals surface area contributed by atoms with Crippen molar-refractivity contribution >= 4 is 0 Å². The monoisotopic (exact) mass is 256 g/mol. The van der Waals surface area contributed by atoms with Gasteiger partial charge < -0.3 is 9.73 Å². The zero-order chi connectivity index (χ0) is 13.2. The Kier molecular flexibility index (Phi) is 3.38. The molecule has 0 radical (unpaired) electrons. The van der Waals surface area contributed by atoms with Crippen LogP contribution in [0.25, 0.3) is 11.5 Å². The molecule has 0 aliphatic carbocycles. The quantitative estimate of drug-likeness (QED) is 0.917. The number of nitrogens with one attached hydrogen (secondary N) is 1. The minimum Gasteiger partial charge on any atom is -0.440 e. The zero-order valence-corrected chi connectivity index (χ0v) is 9.58. The van der Waals surface area contributed by atoms with Gasteiger partial charge in [-0.15, -0.1) is 0 Å². The lowest BCUT2D eigenvalue weighted by Gasteiger charge is -2.06. The second-order valence-electron chi connectivity index (χ2n) is 3.74. The molecule has 0 saturated heterocycles. The predicted molar refractivity (Wildman–Crippen MR) is 59.7 cm³/mol. The van der Waals surface area contributed by atoms with Gasteiger partial charge in [0.1, 0.15) is 5.76 Å². The van der Waals surface area contributed by atoms with Crippen LogP contribution in [-0.2, 0) is 12.7 Å². The van der Waals surface area contributed by atoms with Crippen molar-refractivity contribution in [1.29, 1.82) is 0 Å². The highest BCUT2D eigenvalue weighted by molar-refractivity contribution is 5.54. The molecule has 96 valence electrons. The Labute approximate surface area is 102 Å². The van der Waals surface area contributed by atoms with Crippen molar-refractivity contribution in [1.82, 2.24) is 10.3 Å². The summed E-state index contributed by atoms with van der Waals surface area (Å²) in [6.07, 6.45) is -2.87. The molecule has 1 heterocycles. The molecule has 2 aromatic rings. The van der Waals surface area contributed by atoms with Crippen molar-refractivity contribution in [3.8, 4) is 11.5 Å². The first-order valence-corrected chi connectivity index (χ1v) is 5.27. The van der Waals surface area contributed by atoms with Crippen molar-refractivity contribution < 1.29 is 17.6 Å². The average molecular weight is 256 g/mol. The van der Waals surface area contributed by atoms with E-state index in [9.17, 15) is 13.2 Å². The van der Waals surface area contributed by atoms with Crippen LogP contribution >= 0.6 is 0 Å². The molecular weight excluding hydrogens is 245 g/mol. The molecule has 0 aliphatic heterocycles. The molecule has 18 heavy (non-hydrogen) atoms. The summed E-state index contributed by atoms with van der Waals surface area (Å²) in [5.41, 5.74) is -0.402. The van der Waals surface area contributed by atoms with E-state index in [1.165, 1.54) is 18.3 Å². The summed E-state index contributed by atoms with van der Waals surface area (Å²) in [5.74, 6) is 0.760. The van der Waals surface area contributed by atoms with Crippen LogP contribution < -0.4 is 5.32 Å². The van der Waals surface area contributed by atoms with Gasteiger partial charge in [-0.25, -0.2) is 4.98 Å². The van der Waals surface area contributed by atoms with Gasteiger partial charge in [-0.05, 0) is 25.2 Å². The molecule has 6 heteroatoms. The first-order valence-electron chi connectivity index (χ1n) is 5.27. The van der Waals surface area contributed by atoms with E-state index in [-0.39, 0.29) is 5.89 Å². The number of oxazole rings is 1. The highest BCUT2D eigenvalue weighted by Crippen LogP contribution is 2.31. The Morgan fingerprint density at radius 1 is 1.33 bits per heavy atom. The van der Waals surface area contributed by atoms with Crippen molar-refractivity contribution in [3.05, 3.63) is 41.8 Å². The first kappa shape index (κ1) is 12.6. The highest BCUT2D eigenvalue weighted by Gasteiger charge is 2.30. The van der Waals surface area contributed by atoms with Crippen LogP contribution in [0.4, 0.5) is 13.2 Å². The fourth-order valence-electron chi connectivity index (χ4n) is 1.53.